The van der Waals surface area contributed by atoms with Crippen LogP contribution in [0, 0.1) is 0 Å². The summed E-state index contributed by atoms with van der Waals surface area (Å²) in [6.45, 7) is 6.08. The molecule has 3 nitrogen and oxygen atoms in total. The van der Waals surface area contributed by atoms with Crippen LogP contribution in [0.15, 0.2) is 15.9 Å². The average molecular weight is 369 g/mol. The molecular weight excluding hydrogens is 350 g/mol. The van der Waals surface area contributed by atoms with E-state index in [1.807, 2.05) is 26.2 Å². The van der Waals surface area contributed by atoms with Crippen LogP contribution in [0.4, 0.5) is 4.79 Å². The summed E-state index contributed by atoms with van der Waals surface area (Å²) in [5.74, 6) is 0.789. The van der Waals surface area contributed by atoms with Gasteiger partial charge in [0, 0.05) is 33.1 Å². The SMILES string of the molecule is CC(C)(C)OC(=O)NCC(CCCl)c1cc(Br)cs1. The zero-order chi connectivity index (χ0) is 14.5. The van der Waals surface area contributed by atoms with Gasteiger partial charge < -0.3 is 10.1 Å². The van der Waals surface area contributed by atoms with Crippen LogP contribution in [0.1, 0.15) is 38.0 Å². The second-order valence-corrected chi connectivity index (χ2v) is 7.46. The van der Waals surface area contributed by atoms with Crippen LogP contribution in [-0.2, 0) is 4.74 Å². The number of alkyl carbamates (subject to hydrolysis) is 1. The molecule has 1 heterocycles. The Morgan fingerprint density at radius 2 is 2.26 bits per heavy atom. The van der Waals surface area contributed by atoms with Crippen molar-refractivity contribution in [3.63, 3.8) is 0 Å². The fraction of sp³-hybridized carbons (Fsp3) is 0.615. The molecule has 1 rings (SSSR count). The Morgan fingerprint density at radius 1 is 1.58 bits per heavy atom. The van der Waals surface area contributed by atoms with Crippen LogP contribution in [0.5, 0.6) is 0 Å². The number of thiophene rings is 1. The molecule has 0 aliphatic carbocycles. The van der Waals surface area contributed by atoms with E-state index in [2.05, 4.69) is 27.3 Å². The Bertz CT molecular complexity index is 417. The molecule has 1 atom stereocenters. The number of carbonyl (C=O) groups is 1. The minimum absolute atomic E-state index is 0.223. The molecule has 1 amide bonds. The third-order valence-corrected chi connectivity index (χ3v) is 4.41. The lowest BCUT2D eigenvalue weighted by atomic mass is 10.1. The standard InChI is InChI=1S/C13H19BrClNO2S/c1-13(2,3)18-12(17)16-7-9(4-5-15)11-6-10(14)8-19-11/h6,8-9H,4-5,7H2,1-3H3,(H,16,17). The number of hydrogen-bond acceptors (Lipinski definition) is 3. The van der Waals surface area contributed by atoms with Gasteiger partial charge in [-0.2, -0.15) is 0 Å². The molecule has 1 N–H and O–H groups in total. The molecule has 0 spiro atoms. The second-order valence-electron chi connectivity index (χ2n) is 5.22. The predicted octanol–water partition coefficient (Wildman–Crippen LogP) is 4.75. The number of alkyl halides is 1. The normalized spacial score (nSPS) is 13.1. The maximum Gasteiger partial charge on any atom is 0.407 e. The number of ether oxygens (including phenoxy) is 1. The third-order valence-electron chi connectivity index (χ3n) is 2.34. The first kappa shape index (κ1) is 16.8. The molecule has 108 valence electrons. The summed E-state index contributed by atoms with van der Waals surface area (Å²) in [6.07, 6.45) is 0.437. The molecule has 1 unspecified atom stereocenters. The molecule has 19 heavy (non-hydrogen) atoms. The topological polar surface area (TPSA) is 38.3 Å². The summed E-state index contributed by atoms with van der Waals surface area (Å²) in [5.41, 5.74) is -0.474. The highest BCUT2D eigenvalue weighted by molar-refractivity contribution is 9.10. The van der Waals surface area contributed by atoms with E-state index < -0.39 is 5.60 Å². The minimum Gasteiger partial charge on any atom is -0.444 e. The summed E-state index contributed by atoms with van der Waals surface area (Å²) >= 11 is 10.9. The number of rotatable bonds is 5. The van der Waals surface area contributed by atoms with Crippen molar-refractivity contribution in [2.24, 2.45) is 0 Å². The molecule has 0 saturated carbocycles. The maximum absolute atomic E-state index is 11.6. The Kier molecular flexibility index (Phi) is 6.63. The summed E-state index contributed by atoms with van der Waals surface area (Å²) in [6, 6.07) is 2.07. The lowest BCUT2D eigenvalue weighted by molar-refractivity contribution is 0.0524. The van der Waals surface area contributed by atoms with E-state index >= 15 is 0 Å². The van der Waals surface area contributed by atoms with Gasteiger partial charge in [0.15, 0.2) is 0 Å². The van der Waals surface area contributed by atoms with Crippen molar-refractivity contribution in [1.29, 1.82) is 0 Å². The maximum atomic E-state index is 11.6. The molecule has 0 bridgehead atoms. The van der Waals surface area contributed by atoms with Crippen molar-refractivity contribution in [2.75, 3.05) is 12.4 Å². The molecule has 1 aromatic rings. The van der Waals surface area contributed by atoms with Gasteiger partial charge in [-0.05, 0) is 49.2 Å². The fourth-order valence-corrected chi connectivity index (χ4v) is 3.39. The minimum atomic E-state index is -0.474. The van der Waals surface area contributed by atoms with Gasteiger partial charge in [-0.15, -0.1) is 22.9 Å². The number of halogens is 2. The van der Waals surface area contributed by atoms with E-state index in [1.165, 1.54) is 4.88 Å². The quantitative estimate of drug-likeness (QED) is 0.762. The first-order chi connectivity index (χ1) is 8.81. The molecule has 0 aliphatic heterocycles. The first-order valence-electron chi connectivity index (χ1n) is 6.08. The van der Waals surface area contributed by atoms with Crippen molar-refractivity contribution in [1.82, 2.24) is 5.32 Å². The fourth-order valence-electron chi connectivity index (χ4n) is 1.54. The Morgan fingerprint density at radius 3 is 2.74 bits per heavy atom. The summed E-state index contributed by atoms with van der Waals surface area (Å²) in [7, 11) is 0. The van der Waals surface area contributed by atoms with Crippen molar-refractivity contribution < 1.29 is 9.53 Å². The van der Waals surface area contributed by atoms with E-state index in [1.54, 1.807) is 11.3 Å². The van der Waals surface area contributed by atoms with Gasteiger partial charge in [0.1, 0.15) is 5.60 Å². The largest absolute Gasteiger partial charge is 0.444 e. The van der Waals surface area contributed by atoms with E-state index in [4.69, 9.17) is 16.3 Å². The van der Waals surface area contributed by atoms with Gasteiger partial charge in [0.25, 0.3) is 0 Å². The third kappa shape index (κ3) is 6.63. The number of hydrogen-bond donors (Lipinski definition) is 1. The molecule has 0 aliphatic rings. The van der Waals surface area contributed by atoms with Crippen LogP contribution in [0.25, 0.3) is 0 Å². The zero-order valence-corrected chi connectivity index (χ0v) is 14.5. The molecule has 0 saturated heterocycles. The summed E-state index contributed by atoms with van der Waals surface area (Å²) < 4.78 is 6.28. The molecule has 0 fully saturated rings. The van der Waals surface area contributed by atoms with Gasteiger partial charge in [-0.25, -0.2) is 4.79 Å². The van der Waals surface area contributed by atoms with Gasteiger partial charge in [0.05, 0.1) is 0 Å². The predicted molar refractivity (Wildman–Crippen MR) is 84.3 cm³/mol. The number of carbonyl (C=O) groups excluding carboxylic acids is 1. The second kappa shape index (κ2) is 7.50. The van der Waals surface area contributed by atoms with Gasteiger partial charge in [-0.3, -0.25) is 0 Å². The van der Waals surface area contributed by atoms with E-state index in [0.717, 1.165) is 10.9 Å². The molecule has 0 aromatic carbocycles. The van der Waals surface area contributed by atoms with Crippen LogP contribution in [0.3, 0.4) is 0 Å². The van der Waals surface area contributed by atoms with Crippen molar-refractivity contribution >= 4 is 45.0 Å². The average Bonchev–Trinajstić information content (AvgIpc) is 2.68. The van der Waals surface area contributed by atoms with Crippen LogP contribution >= 0.6 is 38.9 Å². The van der Waals surface area contributed by atoms with Crippen LogP contribution in [-0.4, -0.2) is 24.1 Å². The van der Waals surface area contributed by atoms with E-state index in [-0.39, 0.29) is 12.0 Å². The van der Waals surface area contributed by atoms with E-state index in [0.29, 0.717) is 12.4 Å². The number of nitrogens with one attached hydrogen (secondary N) is 1. The lowest BCUT2D eigenvalue weighted by Crippen LogP contribution is -2.34. The number of amides is 1. The molecular formula is C13H19BrClNO2S. The smallest absolute Gasteiger partial charge is 0.407 e. The van der Waals surface area contributed by atoms with Crippen LogP contribution in [0.2, 0.25) is 0 Å². The highest BCUT2D eigenvalue weighted by Gasteiger charge is 2.19. The molecule has 0 radical (unpaired) electrons. The molecule has 1 aromatic heterocycles. The summed E-state index contributed by atoms with van der Waals surface area (Å²) in [4.78, 5) is 12.8. The van der Waals surface area contributed by atoms with Crippen LogP contribution < -0.4 is 5.32 Å². The Labute approximate surface area is 131 Å². The van der Waals surface area contributed by atoms with Gasteiger partial charge >= 0.3 is 6.09 Å². The summed E-state index contributed by atoms with van der Waals surface area (Å²) in [5, 5.41) is 4.84. The van der Waals surface area contributed by atoms with Crippen molar-refractivity contribution in [3.8, 4) is 0 Å². The monoisotopic (exact) mass is 367 g/mol. The molecule has 6 heteroatoms. The van der Waals surface area contributed by atoms with Crippen molar-refractivity contribution in [3.05, 3.63) is 20.8 Å². The zero-order valence-electron chi connectivity index (χ0n) is 11.3. The van der Waals surface area contributed by atoms with Gasteiger partial charge in [-0.1, -0.05) is 0 Å². The first-order valence-corrected chi connectivity index (χ1v) is 8.29. The lowest BCUT2D eigenvalue weighted by Gasteiger charge is -2.21. The highest BCUT2D eigenvalue weighted by atomic mass is 79.9. The Hall–Kier alpha value is -0.260. The van der Waals surface area contributed by atoms with Crippen molar-refractivity contribution in [2.45, 2.75) is 38.7 Å². The highest BCUT2D eigenvalue weighted by Crippen LogP contribution is 2.29. The van der Waals surface area contributed by atoms with E-state index in [9.17, 15) is 4.79 Å². The van der Waals surface area contributed by atoms with Gasteiger partial charge in [0.2, 0.25) is 0 Å². The Balaban J connectivity index is 2.53.